The van der Waals surface area contributed by atoms with E-state index in [2.05, 4.69) is 15.9 Å². The molecule has 12 heavy (non-hydrogen) atoms. The van der Waals surface area contributed by atoms with E-state index < -0.39 is 0 Å². The lowest BCUT2D eigenvalue weighted by Crippen LogP contribution is -1.86. The molecule has 0 bridgehead atoms. The summed E-state index contributed by atoms with van der Waals surface area (Å²) in [6.07, 6.45) is 0. The van der Waals surface area contributed by atoms with Crippen molar-refractivity contribution in [3.8, 4) is 0 Å². The van der Waals surface area contributed by atoms with Crippen molar-refractivity contribution in [3.63, 3.8) is 0 Å². The molecule has 0 atom stereocenters. The molecule has 0 saturated heterocycles. The zero-order valence-electron chi connectivity index (χ0n) is 6.51. The lowest BCUT2D eigenvalue weighted by Gasteiger charge is -1.96. The van der Waals surface area contributed by atoms with E-state index in [9.17, 15) is 4.39 Å². The molecule has 1 aromatic carbocycles. The number of rotatable bonds is 0. The maximum absolute atomic E-state index is 12.8. The Morgan fingerprint density at radius 3 is 2.83 bits per heavy atom. The van der Waals surface area contributed by atoms with Crippen LogP contribution in [-0.4, -0.2) is 4.57 Å². The summed E-state index contributed by atoms with van der Waals surface area (Å²) in [5, 5.41) is 1.05. The Kier molecular flexibility index (Phi) is 1.68. The normalized spacial score (nSPS) is 10.9. The second-order valence-corrected chi connectivity index (χ2v) is 3.54. The molecule has 3 heteroatoms. The molecule has 1 nitrogen and oxygen atoms in total. The number of fused-ring (bicyclic) bond motifs is 1. The minimum absolute atomic E-state index is 0.198. The molecule has 0 N–H and O–H groups in total. The van der Waals surface area contributed by atoms with Crippen LogP contribution in [0.15, 0.2) is 28.9 Å². The standard InChI is InChI=1S/C9H7BrFN/c1-12-8-5-7(11)3-2-6(8)4-9(12)10/h2-5H,1H3. The molecule has 0 unspecified atom stereocenters. The number of hydrogen-bond acceptors (Lipinski definition) is 0. The van der Waals surface area contributed by atoms with Crippen LogP contribution in [0.4, 0.5) is 4.39 Å². The van der Waals surface area contributed by atoms with Crippen LogP contribution in [0.1, 0.15) is 0 Å². The Morgan fingerprint density at radius 1 is 1.33 bits per heavy atom. The topological polar surface area (TPSA) is 4.93 Å². The molecule has 0 radical (unpaired) electrons. The van der Waals surface area contributed by atoms with Crippen molar-refractivity contribution in [2.75, 3.05) is 0 Å². The first-order chi connectivity index (χ1) is 5.68. The van der Waals surface area contributed by atoms with E-state index in [0.717, 1.165) is 15.5 Å². The summed E-state index contributed by atoms with van der Waals surface area (Å²) in [6, 6.07) is 6.74. The highest BCUT2D eigenvalue weighted by Crippen LogP contribution is 2.22. The highest BCUT2D eigenvalue weighted by atomic mass is 79.9. The SMILES string of the molecule is Cn1c(Br)cc2ccc(F)cc21. The van der Waals surface area contributed by atoms with Crippen molar-refractivity contribution in [2.24, 2.45) is 7.05 Å². The van der Waals surface area contributed by atoms with Crippen molar-refractivity contribution in [1.82, 2.24) is 4.57 Å². The maximum atomic E-state index is 12.8. The van der Waals surface area contributed by atoms with Crippen LogP contribution in [0, 0.1) is 5.82 Å². The number of halogens is 2. The van der Waals surface area contributed by atoms with Gasteiger partial charge in [-0.05, 0) is 40.2 Å². The second kappa shape index (κ2) is 2.59. The molecule has 0 spiro atoms. The third-order valence-electron chi connectivity index (χ3n) is 1.95. The summed E-state index contributed by atoms with van der Waals surface area (Å²) in [6.45, 7) is 0. The van der Waals surface area contributed by atoms with Crippen LogP contribution < -0.4 is 0 Å². The second-order valence-electron chi connectivity index (χ2n) is 2.73. The molecule has 1 aromatic heterocycles. The third kappa shape index (κ3) is 1.05. The van der Waals surface area contributed by atoms with Crippen molar-refractivity contribution in [2.45, 2.75) is 0 Å². The van der Waals surface area contributed by atoms with E-state index in [4.69, 9.17) is 0 Å². The summed E-state index contributed by atoms with van der Waals surface area (Å²) < 4.78 is 15.7. The molecular formula is C9H7BrFN. The first kappa shape index (κ1) is 7.80. The molecule has 2 aromatic rings. The zero-order chi connectivity index (χ0) is 8.72. The Morgan fingerprint density at radius 2 is 2.08 bits per heavy atom. The molecule has 62 valence electrons. The van der Waals surface area contributed by atoms with Gasteiger partial charge in [0.15, 0.2) is 0 Å². The Labute approximate surface area is 77.9 Å². The van der Waals surface area contributed by atoms with Crippen LogP contribution in [0.5, 0.6) is 0 Å². The molecule has 0 fully saturated rings. The number of aromatic nitrogens is 1. The van der Waals surface area contributed by atoms with Crippen LogP contribution in [-0.2, 0) is 7.05 Å². The fourth-order valence-electron chi connectivity index (χ4n) is 1.27. The number of benzene rings is 1. The summed E-state index contributed by atoms with van der Waals surface area (Å²) >= 11 is 3.37. The fourth-order valence-corrected chi connectivity index (χ4v) is 1.71. The monoisotopic (exact) mass is 227 g/mol. The van der Waals surface area contributed by atoms with Gasteiger partial charge in [0, 0.05) is 12.4 Å². The Bertz CT molecular complexity index is 433. The lowest BCUT2D eigenvalue weighted by molar-refractivity contribution is 0.629. The predicted molar refractivity (Wildman–Crippen MR) is 50.6 cm³/mol. The smallest absolute Gasteiger partial charge is 0.125 e. The molecule has 0 amide bonds. The number of nitrogens with zero attached hydrogens (tertiary/aromatic N) is 1. The number of hydrogen-bond donors (Lipinski definition) is 0. The third-order valence-corrected chi connectivity index (χ3v) is 2.71. The summed E-state index contributed by atoms with van der Waals surface area (Å²) in [7, 11) is 1.89. The van der Waals surface area contributed by atoms with E-state index in [1.807, 2.05) is 17.7 Å². The summed E-state index contributed by atoms with van der Waals surface area (Å²) in [5.41, 5.74) is 0.905. The molecule has 0 aliphatic rings. The molecule has 0 saturated carbocycles. The van der Waals surface area contributed by atoms with Crippen molar-refractivity contribution in [3.05, 3.63) is 34.7 Å². The average Bonchev–Trinajstić information content (AvgIpc) is 2.31. The highest BCUT2D eigenvalue weighted by molar-refractivity contribution is 9.10. The zero-order valence-corrected chi connectivity index (χ0v) is 8.10. The van der Waals surface area contributed by atoms with Gasteiger partial charge in [0.1, 0.15) is 5.82 Å². The van der Waals surface area contributed by atoms with Crippen LogP contribution >= 0.6 is 15.9 Å². The van der Waals surface area contributed by atoms with Crippen molar-refractivity contribution < 1.29 is 4.39 Å². The van der Waals surface area contributed by atoms with Crippen LogP contribution in [0.2, 0.25) is 0 Å². The van der Waals surface area contributed by atoms with Gasteiger partial charge in [-0.3, -0.25) is 0 Å². The first-order valence-electron chi connectivity index (χ1n) is 3.59. The first-order valence-corrected chi connectivity index (χ1v) is 4.38. The largest absolute Gasteiger partial charge is 0.338 e. The molecule has 2 rings (SSSR count). The van der Waals surface area contributed by atoms with Gasteiger partial charge in [-0.2, -0.15) is 0 Å². The van der Waals surface area contributed by atoms with Crippen molar-refractivity contribution in [1.29, 1.82) is 0 Å². The van der Waals surface area contributed by atoms with Gasteiger partial charge in [-0.15, -0.1) is 0 Å². The molecular weight excluding hydrogens is 221 g/mol. The molecule has 1 heterocycles. The Balaban J connectivity index is 2.88. The number of aryl methyl sites for hydroxylation is 1. The fraction of sp³-hybridized carbons (Fsp3) is 0.111. The van der Waals surface area contributed by atoms with E-state index in [-0.39, 0.29) is 5.82 Å². The summed E-state index contributed by atoms with van der Waals surface area (Å²) in [4.78, 5) is 0. The minimum atomic E-state index is -0.198. The van der Waals surface area contributed by atoms with Gasteiger partial charge in [-0.1, -0.05) is 0 Å². The molecule has 0 aliphatic heterocycles. The van der Waals surface area contributed by atoms with Gasteiger partial charge in [-0.25, -0.2) is 4.39 Å². The highest BCUT2D eigenvalue weighted by Gasteiger charge is 2.02. The van der Waals surface area contributed by atoms with Gasteiger partial charge in [0.2, 0.25) is 0 Å². The Hall–Kier alpha value is -0.830. The predicted octanol–water partition coefficient (Wildman–Crippen LogP) is 3.08. The minimum Gasteiger partial charge on any atom is -0.338 e. The van der Waals surface area contributed by atoms with Crippen LogP contribution in [0.3, 0.4) is 0 Å². The van der Waals surface area contributed by atoms with E-state index in [1.165, 1.54) is 12.1 Å². The van der Waals surface area contributed by atoms with Gasteiger partial charge >= 0.3 is 0 Å². The van der Waals surface area contributed by atoms with Gasteiger partial charge < -0.3 is 4.57 Å². The van der Waals surface area contributed by atoms with Gasteiger partial charge in [0.25, 0.3) is 0 Å². The van der Waals surface area contributed by atoms with Crippen molar-refractivity contribution >= 4 is 26.8 Å². The van der Waals surface area contributed by atoms with Gasteiger partial charge in [0.05, 0.1) is 10.1 Å². The van der Waals surface area contributed by atoms with E-state index in [0.29, 0.717) is 0 Å². The average molecular weight is 228 g/mol. The summed E-state index contributed by atoms with van der Waals surface area (Å²) in [5.74, 6) is -0.198. The quantitative estimate of drug-likeness (QED) is 0.652. The van der Waals surface area contributed by atoms with E-state index >= 15 is 0 Å². The molecule has 0 aliphatic carbocycles. The van der Waals surface area contributed by atoms with Crippen LogP contribution in [0.25, 0.3) is 10.9 Å². The maximum Gasteiger partial charge on any atom is 0.125 e. The lowest BCUT2D eigenvalue weighted by atomic mass is 10.2. The van der Waals surface area contributed by atoms with E-state index in [1.54, 1.807) is 6.07 Å².